The fourth-order valence-corrected chi connectivity index (χ4v) is 4.95. The third-order valence-corrected chi connectivity index (χ3v) is 6.33. The Labute approximate surface area is 206 Å². The molecule has 190 valence electrons. The summed E-state index contributed by atoms with van der Waals surface area (Å²) in [7, 11) is 0. The second kappa shape index (κ2) is 12.7. The number of hydrogen-bond acceptors (Lipinski definition) is 8. The van der Waals surface area contributed by atoms with Crippen molar-refractivity contribution in [1.29, 1.82) is 0 Å². The molecule has 0 saturated carbocycles. The van der Waals surface area contributed by atoms with Gasteiger partial charge < -0.3 is 19.9 Å². The van der Waals surface area contributed by atoms with Crippen LogP contribution in [0.2, 0.25) is 0 Å². The minimum atomic E-state index is -0.886. The Morgan fingerprint density at radius 3 is 2.20 bits per heavy atom. The molecule has 0 unspecified atom stereocenters. The molecule has 8 nitrogen and oxygen atoms in total. The molecule has 35 heavy (non-hydrogen) atoms. The molecule has 0 aromatic heterocycles. The van der Waals surface area contributed by atoms with Gasteiger partial charge in [-0.3, -0.25) is 19.3 Å². The monoisotopic (exact) mass is 484 g/mol. The summed E-state index contributed by atoms with van der Waals surface area (Å²) in [5, 5.41) is 2.26. The first-order valence-electron chi connectivity index (χ1n) is 12.2. The average Bonchev–Trinajstić information content (AvgIpc) is 2.80. The van der Waals surface area contributed by atoms with Gasteiger partial charge in [0.2, 0.25) is 0 Å². The number of carbonyl (C=O) groups excluding carboxylic acids is 3. The average molecular weight is 485 g/mol. The molecule has 0 bridgehead atoms. The van der Waals surface area contributed by atoms with Gasteiger partial charge in [0.1, 0.15) is 0 Å². The zero-order chi connectivity index (χ0) is 25.4. The smallest absolute Gasteiger partial charge is 0.303 e. The van der Waals surface area contributed by atoms with Crippen LogP contribution in [0.5, 0.6) is 0 Å². The van der Waals surface area contributed by atoms with Crippen LogP contribution in [0.25, 0.3) is 10.8 Å². The molecule has 3 rings (SSSR count). The van der Waals surface area contributed by atoms with Gasteiger partial charge in [0.05, 0.1) is 6.04 Å². The van der Waals surface area contributed by atoms with Crippen LogP contribution in [0.15, 0.2) is 42.5 Å². The van der Waals surface area contributed by atoms with Gasteiger partial charge in [-0.25, -0.2) is 0 Å². The summed E-state index contributed by atoms with van der Waals surface area (Å²) < 4.78 is 17.0. The standard InChI is InChI=1S/C27H36N2O6/c1-18(30)33-25-17-29(16-22-12-9-11-21-10-6-7-13-23(21)22)24(14-5-4-8-15-28)26(34-19(2)31)27(25)35-20(3)32/h6-7,9-13,24-27H,4-5,8,14-17,28H2,1-3H3/t24-,25+,26-,27-/m1/s1. The van der Waals surface area contributed by atoms with Crippen molar-refractivity contribution in [3.8, 4) is 0 Å². The lowest BCUT2D eigenvalue weighted by Crippen LogP contribution is -2.63. The summed E-state index contributed by atoms with van der Waals surface area (Å²) in [6.07, 6.45) is 0.997. The van der Waals surface area contributed by atoms with Gasteiger partial charge in [0.25, 0.3) is 0 Å². The number of hydrogen-bond donors (Lipinski definition) is 1. The first-order chi connectivity index (χ1) is 16.8. The van der Waals surface area contributed by atoms with Crippen molar-refractivity contribution in [2.75, 3.05) is 13.1 Å². The number of esters is 3. The minimum Gasteiger partial charge on any atom is -0.457 e. The van der Waals surface area contributed by atoms with Gasteiger partial charge in [0, 0.05) is 33.9 Å². The van der Waals surface area contributed by atoms with Gasteiger partial charge in [-0.1, -0.05) is 55.3 Å². The van der Waals surface area contributed by atoms with Crippen LogP contribution in [-0.4, -0.2) is 60.3 Å². The van der Waals surface area contributed by atoms with Crippen molar-refractivity contribution in [2.45, 2.75) is 77.4 Å². The molecule has 0 spiro atoms. The number of nitrogens with two attached hydrogens (primary N) is 1. The number of fused-ring (bicyclic) bond motifs is 1. The van der Waals surface area contributed by atoms with Crippen LogP contribution >= 0.6 is 0 Å². The zero-order valence-electron chi connectivity index (χ0n) is 20.8. The molecule has 0 radical (unpaired) electrons. The van der Waals surface area contributed by atoms with Gasteiger partial charge in [0.15, 0.2) is 18.3 Å². The second-order valence-corrected chi connectivity index (χ2v) is 9.07. The number of rotatable bonds is 10. The van der Waals surface area contributed by atoms with E-state index in [1.807, 2.05) is 18.2 Å². The lowest BCUT2D eigenvalue weighted by Gasteiger charge is -2.47. The first-order valence-corrected chi connectivity index (χ1v) is 12.2. The predicted molar refractivity (Wildman–Crippen MR) is 132 cm³/mol. The Morgan fingerprint density at radius 1 is 0.857 bits per heavy atom. The summed E-state index contributed by atoms with van der Waals surface area (Å²) in [6, 6.07) is 14.1. The van der Waals surface area contributed by atoms with E-state index in [1.165, 1.54) is 20.8 Å². The molecule has 1 aliphatic rings. The normalized spacial score (nSPS) is 22.5. The Bertz CT molecular complexity index is 1020. The Hall–Kier alpha value is -2.97. The predicted octanol–water partition coefficient (Wildman–Crippen LogP) is 3.34. The lowest BCUT2D eigenvalue weighted by molar-refractivity contribution is -0.205. The summed E-state index contributed by atoms with van der Waals surface area (Å²) in [5.41, 5.74) is 6.79. The maximum atomic E-state index is 12.1. The van der Waals surface area contributed by atoms with E-state index in [9.17, 15) is 14.4 Å². The van der Waals surface area contributed by atoms with Crippen molar-refractivity contribution in [2.24, 2.45) is 5.73 Å². The van der Waals surface area contributed by atoms with Crippen LogP contribution in [-0.2, 0) is 35.1 Å². The van der Waals surface area contributed by atoms with E-state index in [-0.39, 0.29) is 6.04 Å². The van der Waals surface area contributed by atoms with E-state index in [0.29, 0.717) is 26.1 Å². The highest BCUT2D eigenvalue weighted by atomic mass is 16.6. The number of piperidine rings is 1. The van der Waals surface area contributed by atoms with Crippen LogP contribution < -0.4 is 5.73 Å². The highest BCUT2D eigenvalue weighted by Gasteiger charge is 2.48. The van der Waals surface area contributed by atoms with Crippen molar-refractivity contribution in [3.05, 3.63) is 48.0 Å². The highest BCUT2D eigenvalue weighted by Crippen LogP contribution is 2.32. The molecule has 0 aliphatic carbocycles. The van der Waals surface area contributed by atoms with E-state index < -0.39 is 36.2 Å². The molecule has 2 aromatic rings. The maximum Gasteiger partial charge on any atom is 0.303 e. The Morgan fingerprint density at radius 2 is 1.51 bits per heavy atom. The van der Waals surface area contributed by atoms with Crippen molar-refractivity contribution in [1.82, 2.24) is 4.90 Å². The Balaban J connectivity index is 2.00. The molecule has 1 fully saturated rings. The summed E-state index contributed by atoms with van der Waals surface area (Å²) in [5.74, 6) is -1.48. The minimum absolute atomic E-state index is 0.230. The van der Waals surface area contributed by atoms with Crippen LogP contribution in [0, 0.1) is 0 Å². The fraction of sp³-hybridized carbons (Fsp3) is 0.519. The Kier molecular flexibility index (Phi) is 9.63. The fourth-order valence-electron chi connectivity index (χ4n) is 4.95. The van der Waals surface area contributed by atoms with Crippen LogP contribution in [0.3, 0.4) is 0 Å². The number of ether oxygens (including phenoxy) is 3. The molecular weight excluding hydrogens is 448 g/mol. The molecule has 8 heteroatoms. The first kappa shape index (κ1) is 26.6. The quantitative estimate of drug-likeness (QED) is 0.311. The summed E-state index contributed by atoms with van der Waals surface area (Å²) in [4.78, 5) is 38.2. The molecule has 2 N–H and O–H groups in total. The molecule has 2 aromatic carbocycles. The van der Waals surface area contributed by atoms with E-state index in [2.05, 4.69) is 29.2 Å². The molecular formula is C27H36N2O6. The molecule has 1 saturated heterocycles. The number of nitrogens with zero attached hydrogens (tertiary/aromatic N) is 1. The molecule has 1 heterocycles. The van der Waals surface area contributed by atoms with Gasteiger partial charge >= 0.3 is 17.9 Å². The topological polar surface area (TPSA) is 108 Å². The molecule has 1 aliphatic heterocycles. The second-order valence-electron chi connectivity index (χ2n) is 9.07. The number of carbonyl (C=O) groups is 3. The number of likely N-dealkylation sites (tertiary alicyclic amines) is 1. The van der Waals surface area contributed by atoms with Gasteiger partial charge in [-0.15, -0.1) is 0 Å². The maximum absolute atomic E-state index is 12.1. The third-order valence-electron chi connectivity index (χ3n) is 6.33. The van der Waals surface area contributed by atoms with Gasteiger partial charge in [-0.2, -0.15) is 0 Å². The van der Waals surface area contributed by atoms with E-state index >= 15 is 0 Å². The van der Waals surface area contributed by atoms with E-state index in [0.717, 1.165) is 35.6 Å². The molecule has 4 atom stereocenters. The lowest BCUT2D eigenvalue weighted by atomic mass is 9.88. The van der Waals surface area contributed by atoms with Crippen LogP contribution in [0.4, 0.5) is 0 Å². The SMILES string of the molecule is CC(=O)O[C@H]1[C@H](OC(C)=O)[C@@H](CCCCCN)N(Cc2cccc3ccccc23)C[C@@H]1OC(C)=O. The van der Waals surface area contributed by atoms with Gasteiger partial charge in [-0.05, 0) is 35.7 Å². The van der Waals surface area contributed by atoms with Crippen molar-refractivity contribution >= 4 is 28.7 Å². The van der Waals surface area contributed by atoms with Crippen molar-refractivity contribution in [3.63, 3.8) is 0 Å². The largest absolute Gasteiger partial charge is 0.457 e. The summed E-state index contributed by atoms with van der Waals surface area (Å²) >= 11 is 0. The van der Waals surface area contributed by atoms with E-state index in [4.69, 9.17) is 19.9 Å². The van der Waals surface area contributed by atoms with Crippen molar-refractivity contribution < 1.29 is 28.6 Å². The molecule has 0 amide bonds. The summed E-state index contributed by atoms with van der Waals surface area (Å²) in [6.45, 7) is 5.47. The third kappa shape index (κ3) is 7.26. The number of benzene rings is 2. The van der Waals surface area contributed by atoms with Crippen LogP contribution in [0.1, 0.15) is 52.0 Å². The van der Waals surface area contributed by atoms with E-state index in [1.54, 1.807) is 0 Å². The number of unbranched alkanes of at least 4 members (excludes halogenated alkanes) is 2. The zero-order valence-corrected chi connectivity index (χ0v) is 20.8. The highest BCUT2D eigenvalue weighted by molar-refractivity contribution is 5.85.